The molecule has 0 radical (unpaired) electrons. The number of hydrogen-bond acceptors (Lipinski definition) is 9. The van der Waals surface area contributed by atoms with Crippen LogP contribution >= 0.6 is 11.6 Å². The van der Waals surface area contributed by atoms with Crippen molar-refractivity contribution in [3.05, 3.63) is 76.5 Å². The van der Waals surface area contributed by atoms with Crippen molar-refractivity contribution in [2.45, 2.75) is 26.1 Å². The number of esters is 1. The number of nitrogens with zero attached hydrogens (tertiary/aromatic N) is 1. The first-order valence-corrected chi connectivity index (χ1v) is 12.4. The number of carbonyl (C=O) groups is 2. The number of hydrazone groups is 1. The summed E-state index contributed by atoms with van der Waals surface area (Å²) in [7, 11) is 1.27. The fourth-order valence-electron chi connectivity index (χ4n) is 3.72. The number of halogens is 1. The summed E-state index contributed by atoms with van der Waals surface area (Å²) >= 11 is 6.07. The lowest BCUT2D eigenvalue weighted by Crippen LogP contribution is -2.45. The summed E-state index contributed by atoms with van der Waals surface area (Å²) in [5, 5.41) is 20.2. The quantitative estimate of drug-likeness (QED) is 0.0964. The molecule has 2 amide bonds. The SMILES string of the molecule is C=CCOc1ccc(Cl)cc1/C=N/N[C@@H](O)COc1ccc([C@H]2NC(=O)NC(C)=C2C(=O)OC)cc1OCC. The Morgan fingerprint density at radius 1 is 1.21 bits per heavy atom. The van der Waals surface area contributed by atoms with Gasteiger partial charge in [0.2, 0.25) is 0 Å². The van der Waals surface area contributed by atoms with Crippen molar-refractivity contribution in [1.29, 1.82) is 0 Å². The van der Waals surface area contributed by atoms with Crippen LogP contribution in [0.2, 0.25) is 5.02 Å². The van der Waals surface area contributed by atoms with Crippen molar-refractivity contribution >= 4 is 29.8 Å². The van der Waals surface area contributed by atoms with Crippen LogP contribution < -0.4 is 30.3 Å². The number of aliphatic hydroxyl groups excluding tert-OH is 1. The van der Waals surface area contributed by atoms with Crippen molar-refractivity contribution in [3.63, 3.8) is 0 Å². The van der Waals surface area contributed by atoms with E-state index in [1.165, 1.54) is 13.3 Å². The minimum atomic E-state index is -1.16. The molecule has 0 aromatic heterocycles. The van der Waals surface area contributed by atoms with Crippen LogP contribution in [0.1, 0.15) is 31.0 Å². The maximum Gasteiger partial charge on any atom is 0.337 e. The Hall–Kier alpha value is -4.22. The van der Waals surface area contributed by atoms with E-state index in [1.807, 2.05) is 0 Å². The van der Waals surface area contributed by atoms with Crippen LogP contribution in [0, 0.1) is 0 Å². The standard InChI is InChI=1S/C27H31ClN4O7/c1-5-11-38-20-10-8-19(28)12-18(20)14-29-32-23(33)15-39-21-9-7-17(13-22(21)37-6-2)25-24(26(34)36-4)16(3)30-27(35)31-25/h5,7-10,12-14,23,25,32-33H,1,6,11,15H2,2-4H3,(H2,30,31,35)/b29-14+/t23-,25+/m0/s1. The third-order valence-corrected chi connectivity index (χ3v) is 5.66. The summed E-state index contributed by atoms with van der Waals surface area (Å²) in [4.78, 5) is 24.5. The number of rotatable bonds is 13. The number of carbonyl (C=O) groups excluding carboxylic acids is 2. The number of ether oxygens (including phenoxy) is 4. The number of aliphatic hydroxyl groups is 1. The molecule has 3 rings (SSSR count). The van der Waals surface area contributed by atoms with Crippen molar-refractivity contribution in [3.8, 4) is 17.2 Å². The van der Waals surface area contributed by atoms with Gasteiger partial charge in [-0.25, -0.2) is 9.59 Å². The minimum Gasteiger partial charge on any atom is -0.490 e. The molecule has 4 N–H and O–H groups in total. The van der Waals surface area contributed by atoms with Crippen LogP contribution in [0.15, 0.2) is 65.4 Å². The van der Waals surface area contributed by atoms with Gasteiger partial charge in [-0.3, -0.25) is 5.43 Å². The van der Waals surface area contributed by atoms with Gasteiger partial charge in [-0.05, 0) is 49.7 Å². The zero-order chi connectivity index (χ0) is 28.4. The van der Waals surface area contributed by atoms with E-state index in [1.54, 1.807) is 56.3 Å². The maximum absolute atomic E-state index is 12.4. The normalized spacial score (nSPS) is 15.7. The van der Waals surface area contributed by atoms with Crippen molar-refractivity contribution in [2.75, 3.05) is 26.9 Å². The lowest BCUT2D eigenvalue weighted by atomic mass is 9.95. The van der Waals surface area contributed by atoms with Crippen LogP contribution in [0.25, 0.3) is 0 Å². The predicted molar refractivity (Wildman–Crippen MR) is 146 cm³/mol. The number of nitrogens with one attached hydrogen (secondary N) is 3. The molecule has 2 aromatic rings. The molecule has 1 aliphatic heterocycles. The lowest BCUT2D eigenvalue weighted by molar-refractivity contribution is -0.136. The molecular formula is C27H31ClN4O7. The largest absolute Gasteiger partial charge is 0.490 e. The summed E-state index contributed by atoms with van der Waals surface area (Å²) in [6, 6.07) is 8.86. The van der Waals surface area contributed by atoms with Crippen LogP contribution in [0.5, 0.6) is 17.2 Å². The van der Waals surface area contributed by atoms with E-state index < -0.39 is 24.3 Å². The van der Waals surface area contributed by atoms with Gasteiger partial charge in [0.25, 0.3) is 0 Å². The molecule has 0 saturated heterocycles. The van der Waals surface area contributed by atoms with Gasteiger partial charge in [0.15, 0.2) is 17.7 Å². The van der Waals surface area contributed by atoms with Gasteiger partial charge >= 0.3 is 12.0 Å². The third kappa shape index (κ3) is 7.88. The molecule has 2 aromatic carbocycles. The highest BCUT2D eigenvalue weighted by atomic mass is 35.5. The Balaban J connectivity index is 1.70. The number of methoxy groups -OCH3 is 1. The first-order chi connectivity index (χ1) is 18.8. The lowest BCUT2D eigenvalue weighted by Gasteiger charge is -2.28. The van der Waals surface area contributed by atoms with E-state index in [0.29, 0.717) is 52.3 Å². The van der Waals surface area contributed by atoms with Gasteiger partial charge < -0.3 is 34.7 Å². The summed E-state index contributed by atoms with van der Waals surface area (Å²) in [5.41, 5.74) is 4.43. The number of amides is 2. The average Bonchev–Trinajstić information content (AvgIpc) is 2.91. The van der Waals surface area contributed by atoms with Gasteiger partial charge in [-0.2, -0.15) is 5.10 Å². The molecular weight excluding hydrogens is 528 g/mol. The van der Waals surface area contributed by atoms with Crippen LogP contribution in [-0.2, 0) is 9.53 Å². The summed E-state index contributed by atoms with van der Waals surface area (Å²) in [5.74, 6) is 0.696. The van der Waals surface area contributed by atoms with Gasteiger partial charge in [0.05, 0.1) is 31.5 Å². The van der Waals surface area contributed by atoms with Crippen LogP contribution in [-0.4, -0.2) is 56.5 Å². The van der Waals surface area contributed by atoms with Gasteiger partial charge in [0.1, 0.15) is 19.0 Å². The zero-order valence-corrected chi connectivity index (χ0v) is 22.6. The second kappa shape index (κ2) is 14.1. The topological polar surface area (TPSA) is 140 Å². The van der Waals surface area contributed by atoms with E-state index in [4.69, 9.17) is 30.5 Å². The van der Waals surface area contributed by atoms with Crippen LogP contribution in [0.3, 0.4) is 0 Å². The number of hydrogen-bond donors (Lipinski definition) is 4. The van der Waals surface area contributed by atoms with E-state index in [0.717, 1.165) is 0 Å². The molecule has 208 valence electrons. The average molecular weight is 559 g/mol. The fraction of sp³-hybridized carbons (Fsp3) is 0.296. The molecule has 0 saturated carbocycles. The molecule has 2 atom stereocenters. The summed E-state index contributed by atoms with van der Waals surface area (Å²) in [6.07, 6.45) is 1.93. The highest BCUT2D eigenvalue weighted by Crippen LogP contribution is 2.35. The second-order valence-electron chi connectivity index (χ2n) is 8.20. The molecule has 39 heavy (non-hydrogen) atoms. The van der Waals surface area contributed by atoms with Crippen LogP contribution in [0.4, 0.5) is 4.79 Å². The first kappa shape index (κ1) is 29.3. The van der Waals surface area contributed by atoms with Gasteiger partial charge in [-0.15, -0.1) is 0 Å². The Labute approximate surface area is 231 Å². The predicted octanol–water partition coefficient (Wildman–Crippen LogP) is 3.43. The molecule has 0 spiro atoms. The molecule has 0 unspecified atom stereocenters. The second-order valence-corrected chi connectivity index (χ2v) is 8.63. The van der Waals surface area contributed by atoms with Crippen molar-refractivity contribution in [2.24, 2.45) is 5.10 Å². The Morgan fingerprint density at radius 2 is 1.97 bits per heavy atom. The third-order valence-electron chi connectivity index (χ3n) is 5.43. The highest BCUT2D eigenvalue weighted by molar-refractivity contribution is 6.30. The molecule has 11 nitrogen and oxygen atoms in total. The highest BCUT2D eigenvalue weighted by Gasteiger charge is 2.32. The number of allylic oxidation sites excluding steroid dienone is 1. The van der Waals surface area contributed by atoms with Gasteiger partial charge in [-0.1, -0.05) is 30.3 Å². The summed E-state index contributed by atoms with van der Waals surface area (Å²) in [6.45, 7) is 7.54. The zero-order valence-electron chi connectivity index (χ0n) is 21.8. The van der Waals surface area contributed by atoms with E-state index in [-0.39, 0.29) is 12.2 Å². The van der Waals surface area contributed by atoms with E-state index >= 15 is 0 Å². The maximum atomic E-state index is 12.4. The van der Waals surface area contributed by atoms with E-state index in [9.17, 15) is 14.7 Å². The first-order valence-electron chi connectivity index (χ1n) is 12.0. The van der Waals surface area contributed by atoms with E-state index in [2.05, 4.69) is 27.7 Å². The number of urea groups is 1. The smallest absolute Gasteiger partial charge is 0.337 e. The van der Waals surface area contributed by atoms with Gasteiger partial charge in [0, 0.05) is 16.3 Å². The summed E-state index contributed by atoms with van der Waals surface area (Å²) < 4.78 is 22.0. The Bertz CT molecular complexity index is 1260. The minimum absolute atomic E-state index is 0.164. The Morgan fingerprint density at radius 3 is 2.69 bits per heavy atom. The number of benzene rings is 2. The fourth-order valence-corrected chi connectivity index (χ4v) is 3.90. The monoisotopic (exact) mass is 558 g/mol. The Kier molecular flexibility index (Phi) is 10.6. The molecule has 0 bridgehead atoms. The molecule has 1 heterocycles. The van der Waals surface area contributed by atoms with Crippen molar-refractivity contribution < 1.29 is 33.6 Å². The molecule has 0 aliphatic carbocycles. The molecule has 0 fully saturated rings. The van der Waals surface area contributed by atoms with Crippen molar-refractivity contribution in [1.82, 2.24) is 16.1 Å². The molecule has 1 aliphatic rings. The molecule has 12 heteroatoms.